The molecule has 160 valence electrons. The summed E-state index contributed by atoms with van der Waals surface area (Å²) in [5, 5.41) is 11.5. The van der Waals surface area contributed by atoms with Gasteiger partial charge in [-0.3, -0.25) is 4.79 Å². The number of unbranched alkanes of at least 4 members (excludes halogenated alkanes) is 6. The van der Waals surface area contributed by atoms with Crippen molar-refractivity contribution in [1.29, 1.82) is 0 Å². The predicted molar refractivity (Wildman–Crippen MR) is 103 cm³/mol. The number of nitrogens with zero attached hydrogens (tertiary/aromatic N) is 3. The zero-order valence-corrected chi connectivity index (χ0v) is 19.8. The molecule has 2 heterocycles. The van der Waals surface area contributed by atoms with Gasteiger partial charge in [-0.15, -0.1) is 0 Å². The Hall–Kier alpha value is -1.80. The molecule has 0 saturated carbocycles. The van der Waals surface area contributed by atoms with Gasteiger partial charge < -0.3 is 44.9 Å². The number of oxime groups is 1. The number of aromatic nitrogens is 2. The number of aryl methyl sites for hydroxylation is 2. The normalized spacial score (nSPS) is 10.3. The third kappa shape index (κ3) is 11.1. The van der Waals surface area contributed by atoms with Gasteiger partial charge in [0.1, 0.15) is 18.7 Å². The second-order valence-electron chi connectivity index (χ2n) is 6.78. The number of halogens is 2. The highest BCUT2D eigenvalue weighted by atomic mass is 79.9. The van der Waals surface area contributed by atoms with Crippen LogP contribution >= 0.6 is 0 Å². The van der Waals surface area contributed by atoms with Crippen LogP contribution in [0.15, 0.2) is 54.2 Å². The van der Waals surface area contributed by atoms with Crippen LogP contribution in [0.5, 0.6) is 0 Å². The van der Waals surface area contributed by atoms with Crippen LogP contribution in [0.2, 0.25) is 0 Å². The molecule has 1 amide bonds. The van der Waals surface area contributed by atoms with Crippen LogP contribution in [0.3, 0.4) is 0 Å². The molecule has 0 atom stereocenters. The van der Waals surface area contributed by atoms with E-state index < -0.39 is 0 Å². The van der Waals surface area contributed by atoms with Crippen molar-refractivity contribution in [2.24, 2.45) is 10.9 Å². The zero-order chi connectivity index (χ0) is 19.3. The largest absolute Gasteiger partial charge is 1.00 e. The van der Waals surface area contributed by atoms with Crippen LogP contribution in [0, 0.1) is 0 Å². The van der Waals surface area contributed by atoms with Gasteiger partial charge in [0.2, 0.25) is 0 Å². The van der Waals surface area contributed by atoms with E-state index in [2.05, 4.69) is 9.72 Å². The summed E-state index contributed by atoms with van der Waals surface area (Å²) in [4.78, 5) is 11.2. The first kappa shape index (κ1) is 27.2. The van der Waals surface area contributed by atoms with Crippen molar-refractivity contribution < 1.29 is 53.1 Å². The second kappa shape index (κ2) is 16.0. The molecule has 0 aliphatic heterocycles. The molecule has 0 fully saturated rings. The highest BCUT2D eigenvalue weighted by molar-refractivity contribution is 5.92. The number of hydrogen-bond acceptors (Lipinski definition) is 3. The Kier molecular flexibility index (Phi) is 15.1. The van der Waals surface area contributed by atoms with Crippen molar-refractivity contribution >= 4 is 12.1 Å². The van der Waals surface area contributed by atoms with Gasteiger partial charge in [0.15, 0.2) is 24.8 Å². The summed E-state index contributed by atoms with van der Waals surface area (Å²) in [6.07, 6.45) is 17.8. The number of carbonyl (C=O) groups is 1. The van der Waals surface area contributed by atoms with E-state index in [-0.39, 0.29) is 39.9 Å². The van der Waals surface area contributed by atoms with Gasteiger partial charge in [0, 0.05) is 36.6 Å². The van der Waals surface area contributed by atoms with E-state index in [1.165, 1.54) is 44.7 Å². The Labute approximate surface area is 194 Å². The molecule has 3 N–H and O–H groups in total. The lowest BCUT2D eigenvalue weighted by molar-refractivity contribution is -0.697. The quantitative estimate of drug-likeness (QED) is 0.0988. The summed E-state index contributed by atoms with van der Waals surface area (Å²) in [6.45, 7) is 1.94. The monoisotopic (exact) mass is 528 g/mol. The fraction of sp³-hybridized carbons (Fsp3) is 0.429. The van der Waals surface area contributed by atoms with Gasteiger partial charge in [0.05, 0.1) is 6.21 Å². The van der Waals surface area contributed by atoms with E-state index in [0.29, 0.717) is 5.56 Å². The van der Waals surface area contributed by atoms with Crippen molar-refractivity contribution in [2.45, 2.75) is 58.0 Å². The third-order valence-electron chi connectivity index (χ3n) is 4.60. The molecule has 29 heavy (non-hydrogen) atoms. The molecule has 2 aromatic heterocycles. The number of primary amides is 1. The van der Waals surface area contributed by atoms with Crippen molar-refractivity contribution in [2.75, 3.05) is 0 Å². The minimum atomic E-state index is -0.377. The standard InChI is InChI=1S/C21H28N4O2.2BrH/c22-21(26)20-9-8-14-25(18-20)13-7-5-3-1-2-4-6-12-24-15-10-19(11-16-24)17-23-27;;/h8-11,14-18H,1-7,12-13H2,(H-,22,26);2*1H. The van der Waals surface area contributed by atoms with Crippen LogP contribution in [0.1, 0.15) is 60.9 Å². The Balaban J connectivity index is 0.00000392. The van der Waals surface area contributed by atoms with E-state index in [9.17, 15) is 4.79 Å². The molecular formula is C21H30Br2N4O2. The van der Waals surface area contributed by atoms with E-state index >= 15 is 0 Å². The lowest BCUT2D eigenvalue weighted by Crippen LogP contribution is -3.00. The van der Waals surface area contributed by atoms with E-state index in [0.717, 1.165) is 25.1 Å². The molecule has 0 aliphatic rings. The van der Waals surface area contributed by atoms with Crippen LogP contribution in [0.25, 0.3) is 0 Å². The Morgan fingerprint density at radius 1 is 0.897 bits per heavy atom. The Bertz CT molecular complexity index is 740. The molecule has 6 nitrogen and oxygen atoms in total. The maximum atomic E-state index is 11.2. The molecule has 2 aromatic rings. The van der Waals surface area contributed by atoms with Crippen molar-refractivity contribution in [3.05, 3.63) is 60.2 Å². The lowest BCUT2D eigenvalue weighted by Gasteiger charge is -2.01. The second-order valence-corrected chi connectivity index (χ2v) is 6.78. The number of rotatable bonds is 12. The van der Waals surface area contributed by atoms with E-state index in [1.54, 1.807) is 6.07 Å². The molecule has 0 saturated heterocycles. The first-order chi connectivity index (χ1) is 13.2. The summed E-state index contributed by atoms with van der Waals surface area (Å²) in [5.41, 5.74) is 6.76. The highest BCUT2D eigenvalue weighted by Crippen LogP contribution is 2.07. The molecule has 8 heteroatoms. The van der Waals surface area contributed by atoms with Crippen LogP contribution in [0.4, 0.5) is 0 Å². The van der Waals surface area contributed by atoms with Crippen molar-refractivity contribution in [3.8, 4) is 0 Å². The summed E-state index contributed by atoms with van der Waals surface area (Å²) in [6, 6.07) is 7.49. The van der Waals surface area contributed by atoms with Gasteiger partial charge in [-0.05, 0) is 18.9 Å². The maximum absolute atomic E-state index is 11.2. The first-order valence-electron chi connectivity index (χ1n) is 9.64. The number of pyridine rings is 2. The summed E-state index contributed by atoms with van der Waals surface area (Å²) < 4.78 is 4.20. The molecule has 0 radical (unpaired) electrons. The SMILES string of the molecule is NC(=O)c1ccc[n+](CCCCCCCCC[n+]2ccc(/C=N/O)cc2)c1.[Br-].[Br-]. The fourth-order valence-electron chi connectivity index (χ4n) is 3.05. The average molecular weight is 530 g/mol. The average Bonchev–Trinajstić information content (AvgIpc) is 2.68. The maximum Gasteiger partial charge on any atom is 0.254 e. The summed E-state index contributed by atoms with van der Waals surface area (Å²) in [7, 11) is 0. The minimum Gasteiger partial charge on any atom is -1.00 e. The minimum absolute atomic E-state index is 0. The number of carbonyl (C=O) groups excluding carboxylic acids is 1. The van der Waals surface area contributed by atoms with Crippen LogP contribution in [-0.4, -0.2) is 17.3 Å². The van der Waals surface area contributed by atoms with E-state index in [4.69, 9.17) is 10.9 Å². The van der Waals surface area contributed by atoms with Gasteiger partial charge in [0.25, 0.3) is 5.91 Å². The van der Waals surface area contributed by atoms with Crippen molar-refractivity contribution in [3.63, 3.8) is 0 Å². The van der Waals surface area contributed by atoms with Gasteiger partial charge in [-0.2, -0.15) is 0 Å². The third-order valence-corrected chi connectivity index (χ3v) is 4.60. The number of hydrogen-bond donors (Lipinski definition) is 2. The molecule has 2 rings (SSSR count). The predicted octanol–water partition coefficient (Wildman–Crippen LogP) is -3.39. The van der Waals surface area contributed by atoms with Gasteiger partial charge in [-0.1, -0.05) is 24.4 Å². The molecule has 0 aromatic carbocycles. The highest BCUT2D eigenvalue weighted by Gasteiger charge is 2.06. The van der Waals surface area contributed by atoms with Gasteiger partial charge in [-0.25, -0.2) is 9.13 Å². The molecule has 0 aliphatic carbocycles. The Morgan fingerprint density at radius 3 is 2.00 bits per heavy atom. The molecule has 0 spiro atoms. The molecule has 0 bridgehead atoms. The van der Waals surface area contributed by atoms with Crippen molar-refractivity contribution in [1.82, 2.24) is 0 Å². The molecular weight excluding hydrogens is 500 g/mol. The lowest BCUT2D eigenvalue weighted by atomic mass is 10.1. The number of amides is 1. The van der Waals surface area contributed by atoms with Gasteiger partial charge >= 0.3 is 0 Å². The van der Waals surface area contributed by atoms with Crippen LogP contribution in [-0.2, 0) is 13.1 Å². The first-order valence-corrected chi connectivity index (χ1v) is 9.64. The number of nitrogens with two attached hydrogens (primary N) is 1. The fourth-order valence-corrected chi connectivity index (χ4v) is 3.05. The molecule has 0 unspecified atom stereocenters. The zero-order valence-electron chi connectivity index (χ0n) is 16.6. The summed E-state index contributed by atoms with van der Waals surface area (Å²) >= 11 is 0. The summed E-state index contributed by atoms with van der Waals surface area (Å²) in [5.74, 6) is -0.377. The van der Waals surface area contributed by atoms with Crippen LogP contribution < -0.4 is 48.8 Å². The smallest absolute Gasteiger partial charge is 0.254 e. The Morgan fingerprint density at radius 2 is 1.45 bits per heavy atom. The van der Waals surface area contributed by atoms with E-state index in [1.807, 2.05) is 47.6 Å². The topological polar surface area (TPSA) is 83.4 Å².